The van der Waals surface area contributed by atoms with Crippen LogP contribution in [0.2, 0.25) is 5.02 Å². The van der Waals surface area contributed by atoms with Gasteiger partial charge in [0.15, 0.2) is 0 Å². The maximum Gasteiger partial charge on any atom is 0.346 e. The molecule has 4 rings (SSSR count). The summed E-state index contributed by atoms with van der Waals surface area (Å²) in [4.78, 5) is 27.4. The number of aromatic nitrogens is 1. The topological polar surface area (TPSA) is 86.2 Å². The summed E-state index contributed by atoms with van der Waals surface area (Å²) >= 11 is 7.19. The van der Waals surface area contributed by atoms with Gasteiger partial charge in [-0.1, -0.05) is 35.9 Å². The van der Waals surface area contributed by atoms with Crippen LogP contribution in [0.1, 0.15) is 0 Å². The Balaban J connectivity index is 1.83. The van der Waals surface area contributed by atoms with E-state index in [4.69, 9.17) is 16.0 Å². The van der Waals surface area contributed by atoms with Crippen molar-refractivity contribution in [3.8, 4) is 21.8 Å². The molecule has 2 aromatic carbocycles. The molecule has 0 saturated heterocycles. The lowest BCUT2D eigenvalue weighted by Gasteiger charge is -2.00. The van der Waals surface area contributed by atoms with E-state index in [1.54, 1.807) is 30.3 Å². The standard InChI is InChI=1S/C18H9ClN2O4S/c19-12-6-4-10(5-7-12)14-9-26-17(20-14)13-8-11-2-1-3-15(21(23)24)16(11)25-18(13)22/h1-9H. The third-order valence-electron chi connectivity index (χ3n) is 3.81. The third-order valence-corrected chi connectivity index (χ3v) is 4.94. The second-order valence-electron chi connectivity index (χ2n) is 5.44. The van der Waals surface area contributed by atoms with Crippen LogP contribution in [0.15, 0.2) is 63.1 Å². The van der Waals surface area contributed by atoms with E-state index in [0.717, 1.165) is 5.56 Å². The zero-order valence-electron chi connectivity index (χ0n) is 13.0. The summed E-state index contributed by atoms with van der Waals surface area (Å²) in [7, 11) is 0. The number of nitro benzene ring substituents is 1. The van der Waals surface area contributed by atoms with Crippen molar-refractivity contribution in [3.63, 3.8) is 0 Å². The van der Waals surface area contributed by atoms with Gasteiger partial charge in [0.1, 0.15) is 5.01 Å². The average molecular weight is 385 g/mol. The minimum Gasteiger partial charge on any atom is -0.415 e. The fourth-order valence-corrected chi connectivity index (χ4v) is 3.53. The van der Waals surface area contributed by atoms with Crippen LogP contribution in [0.25, 0.3) is 32.8 Å². The van der Waals surface area contributed by atoms with Gasteiger partial charge >= 0.3 is 11.3 Å². The molecule has 2 heterocycles. The van der Waals surface area contributed by atoms with Crippen molar-refractivity contribution in [1.82, 2.24) is 4.98 Å². The summed E-state index contributed by atoms with van der Waals surface area (Å²) in [6, 6.07) is 13.3. The maximum atomic E-state index is 12.4. The number of halogens is 1. The van der Waals surface area contributed by atoms with Gasteiger partial charge in [-0.15, -0.1) is 11.3 Å². The van der Waals surface area contributed by atoms with Crippen LogP contribution in [0, 0.1) is 10.1 Å². The largest absolute Gasteiger partial charge is 0.415 e. The van der Waals surface area contributed by atoms with Crippen molar-refractivity contribution < 1.29 is 9.34 Å². The molecule has 0 N–H and O–H groups in total. The van der Waals surface area contributed by atoms with Gasteiger partial charge in [-0.25, -0.2) is 9.78 Å². The van der Waals surface area contributed by atoms with Crippen LogP contribution < -0.4 is 5.63 Å². The first-order valence-corrected chi connectivity index (χ1v) is 8.72. The van der Waals surface area contributed by atoms with E-state index >= 15 is 0 Å². The number of fused-ring (bicyclic) bond motifs is 1. The molecule has 2 aromatic heterocycles. The van der Waals surface area contributed by atoms with Crippen molar-refractivity contribution in [2.75, 3.05) is 0 Å². The van der Waals surface area contributed by atoms with E-state index in [9.17, 15) is 14.9 Å². The monoisotopic (exact) mass is 384 g/mol. The molecule has 128 valence electrons. The molecule has 0 saturated carbocycles. The second kappa shape index (κ2) is 6.36. The molecule has 0 radical (unpaired) electrons. The molecule has 4 aromatic rings. The SMILES string of the molecule is O=c1oc2c([N+](=O)[O-])cccc2cc1-c1nc(-c2ccc(Cl)cc2)cs1. The fraction of sp³-hybridized carbons (Fsp3) is 0. The van der Waals surface area contributed by atoms with Crippen LogP contribution in [-0.4, -0.2) is 9.91 Å². The highest BCUT2D eigenvalue weighted by molar-refractivity contribution is 7.13. The molecule has 0 atom stereocenters. The highest BCUT2D eigenvalue weighted by Gasteiger charge is 2.18. The highest BCUT2D eigenvalue weighted by atomic mass is 35.5. The Kier molecular flexibility index (Phi) is 4.02. The zero-order chi connectivity index (χ0) is 18.3. The first kappa shape index (κ1) is 16.4. The summed E-state index contributed by atoms with van der Waals surface area (Å²) in [6.07, 6.45) is 0. The predicted molar refractivity (Wildman–Crippen MR) is 101 cm³/mol. The van der Waals surface area contributed by atoms with Crippen LogP contribution in [-0.2, 0) is 0 Å². The van der Waals surface area contributed by atoms with Crippen molar-refractivity contribution in [2.24, 2.45) is 0 Å². The summed E-state index contributed by atoms with van der Waals surface area (Å²) in [5.41, 5.74) is 0.901. The Labute approximate surface area is 155 Å². The van der Waals surface area contributed by atoms with Gasteiger partial charge in [0.2, 0.25) is 5.58 Å². The Morgan fingerprint density at radius 1 is 1.15 bits per heavy atom. The number of thiazole rings is 1. The lowest BCUT2D eigenvalue weighted by atomic mass is 10.1. The van der Waals surface area contributed by atoms with Crippen LogP contribution in [0.5, 0.6) is 0 Å². The number of hydrogen-bond donors (Lipinski definition) is 0. The number of non-ortho nitro benzene ring substituents is 1. The van der Waals surface area contributed by atoms with Crippen LogP contribution in [0.3, 0.4) is 0 Å². The molecule has 0 aliphatic heterocycles. The minimum absolute atomic E-state index is 0.0410. The quantitative estimate of drug-likeness (QED) is 0.277. The van der Waals surface area contributed by atoms with Gasteiger partial charge in [0.05, 0.1) is 16.2 Å². The van der Waals surface area contributed by atoms with E-state index in [1.807, 2.05) is 17.5 Å². The molecule has 0 aliphatic carbocycles. The number of para-hydroxylation sites is 1. The average Bonchev–Trinajstić information content (AvgIpc) is 3.11. The second-order valence-corrected chi connectivity index (χ2v) is 6.74. The molecule has 26 heavy (non-hydrogen) atoms. The minimum atomic E-state index is -0.663. The van der Waals surface area contributed by atoms with Gasteiger partial charge in [-0.3, -0.25) is 10.1 Å². The Morgan fingerprint density at radius 3 is 2.65 bits per heavy atom. The molecule has 0 spiro atoms. The smallest absolute Gasteiger partial charge is 0.346 e. The van der Waals surface area contributed by atoms with Gasteiger partial charge in [0.25, 0.3) is 0 Å². The molecule has 0 bridgehead atoms. The molecule has 0 fully saturated rings. The molecule has 6 nitrogen and oxygen atoms in total. The third kappa shape index (κ3) is 2.87. The molecule has 0 amide bonds. The Bertz CT molecular complexity index is 1200. The van der Waals surface area contributed by atoms with E-state index < -0.39 is 10.5 Å². The van der Waals surface area contributed by atoms with Gasteiger partial charge in [-0.05, 0) is 18.2 Å². The van der Waals surface area contributed by atoms with Crippen molar-refractivity contribution in [3.05, 3.63) is 79.5 Å². The summed E-state index contributed by atoms with van der Waals surface area (Å²) in [5.74, 6) is 0. The molecule has 8 heteroatoms. The normalized spacial score (nSPS) is 11.0. The first-order valence-electron chi connectivity index (χ1n) is 7.46. The number of rotatable bonds is 3. The first-order chi connectivity index (χ1) is 12.5. The predicted octanol–water partition coefficient (Wildman–Crippen LogP) is 5.15. The summed E-state index contributed by atoms with van der Waals surface area (Å²) in [5, 5.41) is 14.5. The number of nitrogens with zero attached hydrogens (tertiary/aromatic N) is 2. The van der Waals surface area contributed by atoms with E-state index in [-0.39, 0.29) is 16.8 Å². The van der Waals surface area contributed by atoms with E-state index in [2.05, 4.69) is 4.98 Å². The highest BCUT2D eigenvalue weighted by Crippen LogP contribution is 2.31. The number of nitro groups is 1. The summed E-state index contributed by atoms with van der Waals surface area (Å²) < 4.78 is 5.22. The lowest BCUT2D eigenvalue weighted by Crippen LogP contribution is -2.03. The van der Waals surface area contributed by atoms with Crippen molar-refractivity contribution >= 4 is 39.6 Å². The van der Waals surface area contributed by atoms with E-state index in [1.165, 1.54) is 17.4 Å². The van der Waals surface area contributed by atoms with Crippen LogP contribution in [0.4, 0.5) is 5.69 Å². The molecule has 0 aliphatic rings. The number of benzene rings is 2. The fourth-order valence-electron chi connectivity index (χ4n) is 2.57. The van der Waals surface area contributed by atoms with E-state index in [0.29, 0.717) is 21.1 Å². The Morgan fingerprint density at radius 2 is 1.92 bits per heavy atom. The number of hydrogen-bond acceptors (Lipinski definition) is 6. The van der Waals surface area contributed by atoms with Gasteiger partial charge < -0.3 is 4.42 Å². The Hall–Kier alpha value is -3.03. The summed E-state index contributed by atoms with van der Waals surface area (Å²) in [6.45, 7) is 0. The maximum absolute atomic E-state index is 12.4. The molecular formula is C18H9ClN2O4S. The van der Waals surface area contributed by atoms with Crippen LogP contribution >= 0.6 is 22.9 Å². The molecular weight excluding hydrogens is 376 g/mol. The van der Waals surface area contributed by atoms with Gasteiger partial charge in [0, 0.05) is 27.4 Å². The van der Waals surface area contributed by atoms with Crippen molar-refractivity contribution in [2.45, 2.75) is 0 Å². The molecule has 0 unspecified atom stereocenters. The van der Waals surface area contributed by atoms with Gasteiger partial charge in [-0.2, -0.15) is 0 Å². The lowest BCUT2D eigenvalue weighted by molar-refractivity contribution is -0.383. The van der Waals surface area contributed by atoms with Crippen molar-refractivity contribution in [1.29, 1.82) is 0 Å². The zero-order valence-corrected chi connectivity index (χ0v) is 14.6.